The minimum Gasteiger partial charge on any atom is -0.497 e. The Morgan fingerprint density at radius 2 is 2.22 bits per heavy atom. The largest absolute Gasteiger partial charge is 0.497 e. The molecule has 0 saturated carbocycles. The first-order chi connectivity index (χ1) is 11.1. The number of hydrogen-bond acceptors (Lipinski definition) is 5. The van der Waals surface area contributed by atoms with Gasteiger partial charge in [-0.05, 0) is 18.1 Å². The molecule has 1 saturated heterocycles. The molecule has 7 heteroatoms. The van der Waals surface area contributed by atoms with Crippen LogP contribution < -0.4 is 9.47 Å². The summed E-state index contributed by atoms with van der Waals surface area (Å²) in [6, 6.07) is 5.54. The summed E-state index contributed by atoms with van der Waals surface area (Å²) >= 11 is 0. The van der Waals surface area contributed by atoms with Crippen LogP contribution in [0.3, 0.4) is 0 Å². The maximum atomic E-state index is 12.6. The molecule has 124 valence electrons. The number of carbonyl (C=O) groups excluding carboxylic acids is 1. The summed E-state index contributed by atoms with van der Waals surface area (Å²) in [7, 11) is 1.59. The van der Waals surface area contributed by atoms with E-state index in [9.17, 15) is 9.59 Å². The molecule has 0 aliphatic carbocycles. The van der Waals surface area contributed by atoms with Gasteiger partial charge in [-0.3, -0.25) is 4.79 Å². The Balaban J connectivity index is 1.68. The number of benzene rings is 1. The summed E-state index contributed by atoms with van der Waals surface area (Å²) < 4.78 is 16.0. The number of amides is 1. The summed E-state index contributed by atoms with van der Waals surface area (Å²) in [6.45, 7) is 1.02. The number of morpholine rings is 1. The minimum absolute atomic E-state index is 0.0824. The van der Waals surface area contributed by atoms with E-state index in [0.29, 0.717) is 18.7 Å². The number of methoxy groups -OCH3 is 1. The van der Waals surface area contributed by atoms with Crippen molar-refractivity contribution in [3.8, 4) is 11.5 Å². The lowest BCUT2D eigenvalue weighted by Crippen LogP contribution is -2.51. The fraction of sp³-hybridized carbons (Fsp3) is 0.500. The number of carbonyl (C=O) groups is 2. The van der Waals surface area contributed by atoms with Gasteiger partial charge in [0.05, 0.1) is 26.2 Å². The highest BCUT2D eigenvalue weighted by molar-refractivity contribution is 5.81. The van der Waals surface area contributed by atoms with Gasteiger partial charge in [0.2, 0.25) is 5.91 Å². The van der Waals surface area contributed by atoms with Crippen molar-refractivity contribution in [1.29, 1.82) is 0 Å². The number of fused-ring (bicyclic) bond motifs is 1. The van der Waals surface area contributed by atoms with E-state index < -0.39 is 12.1 Å². The molecule has 0 unspecified atom stereocenters. The number of nitrogens with zero attached hydrogens (tertiary/aromatic N) is 1. The van der Waals surface area contributed by atoms with Crippen molar-refractivity contribution in [2.75, 3.05) is 33.4 Å². The van der Waals surface area contributed by atoms with Crippen molar-refractivity contribution < 1.29 is 28.9 Å². The van der Waals surface area contributed by atoms with Gasteiger partial charge < -0.3 is 24.2 Å². The average molecular weight is 321 g/mol. The zero-order chi connectivity index (χ0) is 16.4. The third kappa shape index (κ3) is 3.24. The van der Waals surface area contributed by atoms with Gasteiger partial charge in [0.1, 0.15) is 18.1 Å². The van der Waals surface area contributed by atoms with Crippen molar-refractivity contribution in [1.82, 2.24) is 4.90 Å². The molecule has 23 heavy (non-hydrogen) atoms. The average Bonchev–Trinajstić information content (AvgIpc) is 2.60. The van der Waals surface area contributed by atoms with Gasteiger partial charge in [0, 0.05) is 12.6 Å². The van der Waals surface area contributed by atoms with Gasteiger partial charge >= 0.3 is 5.97 Å². The molecule has 1 aromatic carbocycles. The summed E-state index contributed by atoms with van der Waals surface area (Å²) in [6.07, 6.45) is -0.374. The molecule has 2 heterocycles. The minimum atomic E-state index is -1.04. The van der Waals surface area contributed by atoms with Gasteiger partial charge in [-0.15, -0.1) is 0 Å². The fourth-order valence-electron chi connectivity index (χ4n) is 2.90. The van der Waals surface area contributed by atoms with E-state index in [1.165, 1.54) is 0 Å². The van der Waals surface area contributed by atoms with Crippen LogP contribution in [0.15, 0.2) is 18.2 Å². The Bertz CT molecular complexity index is 617. The predicted molar refractivity (Wildman–Crippen MR) is 79.6 cm³/mol. The second kappa shape index (κ2) is 6.45. The van der Waals surface area contributed by atoms with E-state index in [-0.39, 0.29) is 31.6 Å². The molecule has 0 spiro atoms. The number of carboxylic acid groups (broad SMARTS) is 1. The highest BCUT2D eigenvalue weighted by atomic mass is 16.5. The summed E-state index contributed by atoms with van der Waals surface area (Å²) in [5.74, 6) is 0.0223. The SMILES string of the molecule is COc1ccc2c(c1)OC[C@H](C(=O)N1CCO[C@H](C(=O)O)C1)C2. The zero-order valence-electron chi connectivity index (χ0n) is 12.9. The molecule has 2 atom stereocenters. The van der Waals surface area contributed by atoms with E-state index in [0.717, 1.165) is 11.3 Å². The molecule has 3 rings (SSSR count). The Morgan fingerprint density at radius 1 is 1.39 bits per heavy atom. The monoisotopic (exact) mass is 321 g/mol. The van der Waals surface area contributed by atoms with Gasteiger partial charge in [0.15, 0.2) is 6.10 Å². The molecule has 7 nitrogen and oxygen atoms in total. The first-order valence-electron chi connectivity index (χ1n) is 7.51. The highest BCUT2D eigenvalue weighted by Gasteiger charge is 2.34. The van der Waals surface area contributed by atoms with Crippen molar-refractivity contribution in [2.24, 2.45) is 5.92 Å². The molecule has 0 aromatic heterocycles. The van der Waals surface area contributed by atoms with Gasteiger partial charge in [-0.25, -0.2) is 4.79 Å². The Kier molecular flexibility index (Phi) is 4.38. The van der Waals surface area contributed by atoms with Crippen molar-refractivity contribution >= 4 is 11.9 Å². The second-order valence-electron chi connectivity index (χ2n) is 5.67. The van der Waals surface area contributed by atoms with Gasteiger partial charge in [0.25, 0.3) is 0 Å². The topological polar surface area (TPSA) is 85.3 Å². The molecule has 0 radical (unpaired) electrons. The van der Waals surface area contributed by atoms with E-state index in [2.05, 4.69) is 0 Å². The molecule has 0 bridgehead atoms. The van der Waals surface area contributed by atoms with Crippen LogP contribution in [-0.4, -0.2) is 61.4 Å². The molecule has 2 aliphatic heterocycles. The molecular weight excluding hydrogens is 302 g/mol. The molecule has 2 aliphatic rings. The Labute approximate surface area is 133 Å². The lowest BCUT2D eigenvalue weighted by Gasteiger charge is -2.34. The second-order valence-corrected chi connectivity index (χ2v) is 5.67. The van der Waals surface area contributed by atoms with Crippen LogP contribution >= 0.6 is 0 Å². The molecule has 1 aromatic rings. The van der Waals surface area contributed by atoms with E-state index in [1.54, 1.807) is 12.0 Å². The van der Waals surface area contributed by atoms with Crippen LogP contribution in [0.2, 0.25) is 0 Å². The molecule has 1 fully saturated rings. The standard InChI is InChI=1S/C16H19NO6/c1-21-12-3-2-10-6-11(9-23-13(10)7-12)15(18)17-4-5-22-14(8-17)16(19)20/h2-3,7,11,14H,4-6,8-9H2,1H3,(H,19,20)/t11-,14+/m1/s1. The smallest absolute Gasteiger partial charge is 0.334 e. The number of aliphatic carboxylic acids is 1. The van der Waals surface area contributed by atoms with Crippen LogP contribution in [-0.2, 0) is 20.7 Å². The molecule has 1 amide bonds. The normalized spacial score (nSPS) is 23.6. The van der Waals surface area contributed by atoms with Crippen LogP contribution in [0.4, 0.5) is 0 Å². The zero-order valence-corrected chi connectivity index (χ0v) is 12.9. The number of rotatable bonds is 3. The van der Waals surface area contributed by atoms with Gasteiger partial charge in [-0.2, -0.15) is 0 Å². The first kappa shape index (κ1) is 15.6. The van der Waals surface area contributed by atoms with Crippen LogP contribution in [0.1, 0.15) is 5.56 Å². The van der Waals surface area contributed by atoms with Crippen molar-refractivity contribution in [3.05, 3.63) is 23.8 Å². The number of carboxylic acids is 1. The lowest BCUT2D eigenvalue weighted by atomic mass is 9.95. The third-order valence-electron chi connectivity index (χ3n) is 4.18. The molecule has 1 N–H and O–H groups in total. The quantitative estimate of drug-likeness (QED) is 0.875. The van der Waals surface area contributed by atoms with E-state index in [1.807, 2.05) is 18.2 Å². The Morgan fingerprint density at radius 3 is 2.96 bits per heavy atom. The lowest BCUT2D eigenvalue weighted by molar-refractivity contribution is -0.160. The fourth-order valence-corrected chi connectivity index (χ4v) is 2.90. The summed E-state index contributed by atoms with van der Waals surface area (Å²) in [5.41, 5.74) is 0.957. The summed E-state index contributed by atoms with van der Waals surface area (Å²) in [4.78, 5) is 25.2. The van der Waals surface area contributed by atoms with E-state index in [4.69, 9.17) is 19.3 Å². The molecular formula is C16H19NO6. The highest BCUT2D eigenvalue weighted by Crippen LogP contribution is 2.31. The number of ether oxygens (including phenoxy) is 3. The Hall–Kier alpha value is -2.28. The predicted octanol–water partition coefficient (Wildman–Crippen LogP) is 0.558. The van der Waals surface area contributed by atoms with Crippen molar-refractivity contribution in [2.45, 2.75) is 12.5 Å². The summed E-state index contributed by atoms with van der Waals surface area (Å²) in [5, 5.41) is 9.03. The van der Waals surface area contributed by atoms with Crippen LogP contribution in [0.25, 0.3) is 0 Å². The maximum absolute atomic E-state index is 12.6. The van der Waals surface area contributed by atoms with E-state index >= 15 is 0 Å². The van der Waals surface area contributed by atoms with Crippen LogP contribution in [0, 0.1) is 5.92 Å². The van der Waals surface area contributed by atoms with Crippen molar-refractivity contribution in [3.63, 3.8) is 0 Å². The maximum Gasteiger partial charge on any atom is 0.334 e. The first-order valence-corrected chi connectivity index (χ1v) is 7.51. The third-order valence-corrected chi connectivity index (χ3v) is 4.18. The van der Waals surface area contributed by atoms with Crippen LogP contribution in [0.5, 0.6) is 11.5 Å². The van der Waals surface area contributed by atoms with Gasteiger partial charge in [-0.1, -0.05) is 6.07 Å². The number of hydrogen-bond donors (Lipinski definition) is 1.